The van der Waals surface area contributed by atoms with E-state index in [9.17, 15) is 4.79 Å². The van der Waals surface area contributed by atoms with Gasteiger partial charge in [0, 0.05) is 30.4 Å². The zero-order valence-corrected chi connectivity index (χ0v) is 18.2. The molecule has 0 unspecified atom stereocenters. The third kappa shape index (κ3) is 2.88. The molecule has 29 heavy (non-hydrogen) atoms. The number of aryl methyl sites for hydroxylation is 2. The number of rotatable bonds is 4. The highest BCUT2D eigenvalue weighted by Crippen LogP contribution is 2.38. The van der Waals surface area contributed by atoms with Crippen LogP contribution in [0.4, 0.5) is 17.1 Å². The Balaban J connectivity index is 1.79. The van der Waals surface area contributed by atoms with Gasteiger partial charge < -0.3 is 10.2 Å². The Hall–Kier alpha value is -2.93. The van der Waals surface area contributed by atoms with Crippen LogP contribution >= 0.6 is 12.2 Å². The van der Waals surface area contributed by atoms with Crippen LogP contribution in [0.3, 0.4) is 0 Å². The van der Waals surface area contributed by atoms with Gasteiger partial charge in [-0.1, -0.05) is 6.07 Å². The largest absolute Gasteiger partial charge is 0.388 e. The third-order valence-corrected chi connectivity index (χ3v) is 5.97. The lowest BCUT2D eigenvalue weighted by molar-refractivity contribution is -0.120. The molecule has 0 saturated carbocycles. The van der Waals surface area contributed by atoms with E-state index in [1.807, 2.05) is 80.0 Å². The summed E-state index contributed by atoms with van der Waals surface area (Å²) in [4.78, 5) is 17.0. The number of fused-ring (bicyclic) bond motifs is 1. The predicted molar refractivity (Wildman–Crippen MR) is 123 cm³/mol. The van der Waals surface area contributed by atoms with Crippen molar-refractivity contribution in [2.24, 2.45) is 0 Å². The van der Waals surface area contributed by atoms with E-state index in [-0.39, 0.29) is 5.91 Å². The molecule has 1 saturated heterocycles. The van der Waals surface area contributed by atoms with Crippen molar-refractivity contribution < 1.29 is 4.79 Å². The van der Waals surface area contributed by atoms with E-state index in [1.54, 1.807) is 4.90 Å². The highest BCUT2D eigenvalue weighted by atomic mass is 32.1. The van der Waals surface area contributed by atoms with Gasteiger partial charge in [-0.05, 0) is 75.8 Å². The van der Waals surface area contributed by atoms with Gasteiger partial charge in [0.2, 0.25) is 0 Å². The number of carbonyl (C=O) groups excluding carboxylic acids is 1. The fourth-order valence-corrected chi connectivity index (χ4v) is 4.46. The standard InChI is InChI=1S/C22H25N5OS/c1-6-25-19-10-9-17(11-15(19)13-24-25)27-21(29)26(20(28)22(27,3)4)16-8-7-14(2)18(12-16)23-5/h7-13,23H,6H2,1-5H3. The van der Waals surface area contributed by atoms with Crippen molar-refractivity contribution in [1.82, 2.24) is 9.78 Å². The van der Waals surface area contributed by atoms with E-state index in [0.29, 0.717) is 5.11 Å². The number of amides is 1. The second-order valence-corrected chi connectivity index (χ2v) is 8.14. The molecular weight excluding hydrogens is 382 g/mol. The number of nitrogens with zero attached hydrogens (tertiary/aromatic N) is 4. The van der Waals surface area contributed by atoms with Crippen LogP contribution in [0.25, 0.3) is 10.9 Å². The summed E-state index contributed by atoms with van der Waals surface area (Å²) in [6.07, 6.45) is 1.85. The van der Waals surface area contributed by atoms with Gasteiger partial charge in [-0.25, -0.2) is 0 Å². The second kappa shape index (κ2) is 6.84. The normalized spacial score (nSPS) is 16.2. The number of hydrogen-bond acceptors (Lipinski definition) is 4. The average molecular weight is 408 g/mol. The fourth-order valence-electron chi connectivity index (χ4n) is 3.94. The average Bonchev–Trinajstić information content (AvgIpc) is 3.18. The summed E-state index contributed by atoms with van der Waals surface area (Å²) < 4.78 is 1.95. The maximum absolute atomic E-state index is 13.4. The van der Waals surface area contributed by atoms with Crippen LogP contribution in [0.1, 0.15) is 26.3 Å². The number of nitrogens with one attached hydrogen (secondary N) is 1. The summed E-state index contributed by atoms with van der Waals surface area (Å²) in [5.74, 6) is -0.0437. The first-order valence-corrected chi connectivity index (χ1v) is 10.1. The molecular formula is C22H25N5OS. The van der Waals surface area contributed by atoms with Crippen LogP contribution in [0.2, 0.25) is 0 Å². The Labute approximate surface area is 176 Å². The summed E-state index contributed by atoms with van der Waals surface area (Å²) in [7, 11) is 1.87. The molecule has 2 aromatic carbocycles. The summed E-state index contributed by atoms with van der Waals surface area (Å²) in [6.45, 7) is 8.73. The van der Waals surface area contributed by atoms with Gasteiger partial charge in [0.15, 0.2) is 5.11 Å². The zero-order valence-electron chi connectivity index (χ0n) is 17.4. The molecule has 4 rings (SSSR count). The summed E-state index contributed by atoms with van der Waals surface area (Å²) in [5.41, 5.74) is 4.02. The van der Waals surface area contributed by atoms with Crippen molar-refractivity contribution in [3.05, 3.63) is 48.2 Å². The Bertz CT molecular complexity index is 1130. The topological polar surface area (TPSA) is 53.4 Å². The minimum Gasteiger partial charge on any atom is -0.388 e. The molecule has 1 aliphatic heterocycles. The van der Waals surface area contributed by atoms with Crippen LogP contribution < -0.4 is 15.1 Å². The minimum atomic E-state index is -0.795. The highest BCUT2D eigenvalue weighted by molar-refractivity contribution is 7.81. The molecule has 6 nitrogen and oxygen atoms in total. The lowest BCUT2D eigenvalue weighted by Gasteiger charge is -2.29. The van der Waals surface area contributed by atoms with Gasteiger partial charge in [0.1, 0.15) is 5.54 Å². The minimum absolute atomic E-state index is 0.0437. The quantitative estimate of drug-likeness (QED) is 0.653. The molecule has 1 aliphatic rings. The van der Waals surface area contributed by atoms with Crippen molar-refractivity contribution in [3.63, 3.8) is 0 Å². The fraction of sp³-hybridized carbons (Fsp3) is 0.318. The number of anilines is 3. The molecule has 0 spiro atoms. The van der Waals surface area contributed by atoms with Gasteiger partial charge in [-0.2, -0.15) is 5.10 Å². The Morgan fingerprint density at radius 3 is 2.55 bits per heavy atom. The van der Waals surface area contributed by atoms with Gasteiger partial charge in [-0.15, -0.1) is 0 Å². The molecule has 0 aliphatic carbocycles. The van der Waals surface area contributed by atoms with Crippen LogP contribution in [0.5, 0.6) is 0 Å². The Morgan fingerprint density at radius 2 is 1.86 bits per heavy atom. The molecule has 1 aromatic heterocycles. The predicted octanol–water partition coefficient (Wildman–Crippen LogP) is 4.32. The zero-order chi connectivity index (χ0) is 20.9. The smallest absolute Gasteiger partial charge is 0.259 e. The molecule has 7 heteroatoms. The molecule has 0 radical (unpaired) electrons. The SMILES string of the molecule is CCn1ncc2cc(N3C(=S)N(c4ccc(C)c(NC)c4)C(=O)C3(C)C)ccc21. The van der Waals surface area contributed by atoms with Crippen molar-refractivity contribution in [1.29, 1.82) is 0 Å². The van der Waals surface area contributed by atoms with Crippen molar-refractivity contribution in [2.45, 2.75) is 39.8 Å². The van der Waals surface area contributed by atoms with E-state index in [0.717, 1.165) is 40.1 Å². The number of thiocarbonyl (C=S) groups is 1. The molecule has 150 valence electrons. The number of aromatic nitrogens is 2. The lowest BCUT2D eigenvalue weighted by atomic mass is 10.0. The maximum Gasteiger partial charge on any atom is 0.259 e. The van der Waals surface area contributed by atoms with Crippen molar-refractivity contribution in [2.75, 3.05) is 22.2 Å². The molecule has 3 aromatic rings. The van der Waals surface area contributed by atoms with Gasteiger partial charge in [0.25, 0.3) is 5.91 Å². The number of carbonyl (C=O) groups is 1. The molecule has 1 N–H and O–H groups in total. The summed E-state index contributed by atoms with van der Waals surface area (Å²) >= 11 is 5.80. The molecule has 0 atom stereocenters. The second-order valence-electron chi connectivity index (χ2n) is 7.77. The number of hydrogen-bond donors (Lipinski definition) is 1. The van der Waals surface area contributed by atoms with Crippen LogP contribution in [-0.2, 0) is 11.3 Å². The summed E-state index contributed by atoms with van der Waals surface area (Å²) in [6, 6.07) is 12.0. The van der Waals surface area contributed by atoms with E-state index in [4.69, 9.17) is 12.2 Å². The van der Waals surface area contributed by atoms with Gasteiger partial charge >= 0.3 is 0 Å². The van der Waals surface area contributed by atoms with Crippen molar-refractivity contribution >= 4 is 51.2 Å². The van der Waals surface area contributed by atoms with E-state index in [2.05, 4.69) is 17.3 Å². The molecule has 0 bridgehead atoms. The van der Waals surface area contributed by atoms with Crippen LogP contribution in [0.15, 0.2) is 42.6 Å². The first kappa shape index (κ1) is 19.4. The first-order valence-electron chi connectivity index (χ1n) is 9.72. The number of benzene rings is 2. The van der Waals surface area contributed by atoms with E-state index < -0.39 is 5.54 Å². The lowest BCUT2D eigenvalue weighted by Crippen LogP contribution is -2.44. The first-order chi connectivity index (χ1) is 13.8. The van der Waals surface area contributed by atoms with Crippen molar-refractivity contribution in [3.8, 4) is 0 Å². The molecule has 1 fully saturated rings. The molecule has 2 heterocycles. The highest BCUT2D eigenvalue weighted by Gasteiger charge is 2.50. The van der Waals surface area contributed by atoms with E-state index >= 15 is 0 Å². The monoisotopic (exact) mass is 407 g/mol. The summed E-state index contributed by atoms with van der Waals surface area (Å²) in [5, 5.41) is 9.11. The van der Waals surface area contributed by atoms with E-state index in [1.165, 1.54) is 0 Å². The van der Waals surface area contributed by atoms with Crippen LogP contribution in [-0.4, -0.2) is 33.4 Å². The molecule has 1 amide bonds. The Kier molecular flexibility index (Phi) is 4.58. The Morgan fingerprint density at radius 1 is 1.14 bits per heavy atom. The maximum atomic E-state index is 13.4. The van der Waals surface area contributed by atoms with Crippen LogP contribution in [0, 0.1) is 6.92 Å². The van der Waals surface area contributed by atoms with Gasteiger partial charge in [0.05, 0.1) is 17.4 Å². The third-order valence-electron chi connectivity index (χ3n) is 5.60. The van der Waals surface area contributed by atoms with Gasteiger partial charge in [-0.3, -0.25) is 14.4 Å².